The second-order valence-electron chi connectivity index (χ2n) is 5.67. The molecule has 1 aromatic heterocycles. The van der Waals surface area contributed by atoms with E-state index in [1.807, 2.05) is 18.5 Å². The fraction of sp³-hybridized carbons (Fsp3) is 0.615. The third-order valence-corrected chi connectivity index (χ3v) is 2.92. The molecular formula is C13H22N2. The van der Waals surface area contributed by atoms with Crippen LogP contribution in [0.2, 0.25) is 0 Å². The monoisotopic (exact) mass is 206 g/mol. The summed E-state index contributed by atoms with van der Waals surface area (Å²) in [6.45, 7) is 9.65. The molecule has 0 aromatic carbocycles. The molecule has 1 rings (SSSR count). The molecule has 15 heavy (non-hydrogen) atoms. The minimum atomic E-state index is 0.136. The Hall–Kier alpha value is -0.890. The molecule has 0 spiro atoms. The first-order valence-electron chi connectivity index (χ1n) is 5.48. The van der Waals surface area contributed by atoms with Crippen LogP contribution in [0.1, 0.15) is 39.7 Å². The zero-order valence-electron chi connectivity index (χ0n) is 10.2. The Balaban J connectivity index is 2.85. The maximum absolute atomic E-state index is 5.78. The minimum Gasteiger partial charge on any atom is -0.330 e. The molecule has 0 bridgehead atoms. The Morgan fingerprint density at radius 3 is 2.40 bits per heavy atom. The maximum Gasteiger partial charge on any atom is 0.0305 e. The van der Waals surface area contributed by atoms with E-state index in [9.17, 15) is 0 Å². The van der Waals surface area contributed by atoms with E-state index in [4.69, 9.17) is 5.73 Å². The smallest absolute Gasteiger partial charge is 0.0305 e. The molecule has 0 atom stereocenters. The normalized spacial score (nSPS) is 12.9. The van der Waals surface area contributed by atoms with Crippen molar-refractivity contribution in [2.24, 2.45) is 11.1 Å². The van der Waals surface area contributed by atoms with Crippen molar-refractivity contribution in [1.82, 2.24) is 4.98 Å². The van der Waals surface area contributed by atoms with Crippen LogP contribution in [0.15, 0.2) is 24.5 Å². The molecule has 84 valence electrons. The van der Waals surface area contributed by atoms with Crippen molar-refractivity contribution < 1.29 is 0 Å². The van der Waals surface area contributed by atoms with Gasteiger partial charge in [0.05, 0.1) is 0 Å². The van der Waals surface area contributed by atoms with Gasteiger partial charge in [0.2, 0.25) is 0 Å². The van der Waals surface area contributed by atoms with Gasteiger partial charge in [0.1, 0.15) is 0 Å². The highest BCUT2D eigenvalue weighted by Crippen LogP contribution is 2.35. The number of aromatic nitrogens is 1. The summed E-state index contributed by atoms with van der Waals surface area (Å²) in [5.74, 6) is 0. The number of hydrogen-bond donors (Lipinski definition) is 1. The van der Waals surface area contributed by atoms with E-state index in [-0.39, 0.29) is 10.8 Å². The van der Waals surface area contributed by atoms with Gasteiger partial charge in [-0.3, -0.25) is 4.98 Å². The molecule has 0 aliphatic heterocycles. The summed E-state index contributed by atoms with van der Waals surface area (Å²) in [5.41, 5.74) is 7.38. The third-order valence-electron chi connectivity index (χ3n) is 2.92. The van der Waals surface area contributed by atoms with Crippen molar-refractivity contribution in [1.29, 1.82) is 0 Å². The molecule has 2 heteroatoms. The zero-order valence-corrected chi connectivity index (χ0v) is 10.2. The molecule has 0 fully saturated rings. The molecule has 0 unspecified atom stereocenters. The molecule has 0 amide bonds. The lowest BCUT2D eigenvalue weighted by Crippen LogP contribution is -2.32. The second-order valence-corrected chi connectivity index (χ2v) is 5.67. The van der Waals surface area contributed by atoms with Gasteiger partial charge in [0.25, 0.3) is 0 Å². The Morgan fingerprint density at radius 2 is 1.93 bits per heavy atom. The fourth-order valence-electron chi connectivity index (χ4n) is 2.13. The van der Waals surface area contributed by atoms with E-state index in [0.717, 1.165) is 13.0 Å². The maximum atomic E-state index is 5.78. The van der Waals surface area contributed by atoms with Gasteiger partial charge in [0, 0.05) is 12.4 Å². The average molecular weight is 206 g/mol. The SMILES string of the molecule is CC(C)(CN)CC(C)(C)c1cccnc1. The lowest BCUT2D eigenvalue weighted by atomic mass is 9.72. The topological polar surface area (TPSA) is 38.9 Å². The quantitative estimate of drug-likeness (QED) is 0.822. The van der Waals surface area contributed by atoms with Crippen LogP contribution in [-0.4, -0.2) is 11.5 Å². The zero-order chi connectivity index (χ0) is 11.5. The van der Waals surface area contributed by atoms with Gasteiger partial charge < -0.3 is 5.73 Å². The molecule has 0 saturated heterocycles. The lowest BCUT2D eigenvalue weighted by Gasteiger charge is -2.34. The number of hydrogen-bond acceptors (Lipinski definition) is 2. The van der Waals surface area contributed by atoms with Crippen LogP contribution in [0.25, 0.3) is 0 Å². The third kappa shape index (κ3) is 3.31. The Kier molecular flexibility index (Phi) is 3.50. The Labute approximate surface area is 92.9 Å². The minimum absolute atomic E-state index is 0.136. The van der Waals surface area contributed by atoms with Crippen LogP contribution in [-0.2, 0) is 5.41 Å². The summed E-state index contributed by atoms with van der Waals surface area (Å²) in [6, 6.07) is 4.13. The van der Waals surface area contributed by atoms with Gasteiger partial charge in [-0.15, -0.1) is 0 Å². The van der Waals surface area contributed by atoms with Crippen LogP contribution >= 0.6 is 0 Å². The molecule has 1 aromatic rings. The van der Waals surface area contributed by atoms with Gasteiger partial charge in [-0.05, 0) is 35.4 Å². The molecule has 2 N–H and O–H groups in total. The number of pyridine rings is 1. The molecule has 2 nitrogen and oxygen atoms in total. The van der Waals surface area contributed by atoms with Crippen LogP contribution in [0.4, 0.5) is 0 Å². The molecule has 1 heterocycles. The first kappa shape index (κ1) is 12.2. The van der Waals surface area contributed by atoms with Gasteiger partial charge >= 0.3 is 0 Å². The fourth-order valence-corrected chi connectivity index (χ4v) is 2.13. The van der Waals surface area contributed by atoms with E-state index in [1.165, 1.54) is 5.56 Å². The predicted octanol–water partition coefficient (Wildman–Crippen LogP) is 2.73. The van der Waals surface area contributed by atoms with E-state index in [0.29, 0.717) is 0 Å². The number of nitrogens with zero attached hydrogens (tertiary/aromatic N) is 1. The summed E-state index contributed by atoms with van der Waals surface area (Å²) < 4.78 is 0. The van der Waals surface area contributed by atoms with Crippen molar-refractivity contribution in [3.8, 4) is 0 Å². The van der Waals surface area contributed by atoms with Crippen LogP contribution in [0.3, 0.4) is 0 Å². The number of rotatable bonds is 4. The predicted molar refractivity (Wildman–Crippen MR) is 64.7 cm³/mol. The largest absolute Gasteiger partial charge is 0.330 e. The second kappa shape index (κ2) is 4.31. The molecule has 0 saturated carbocycles. The summed E-state index contributed by atoms with van der Waals surface area (Å²) in [5, 5.41) is 0. The van der Waals surface area contributed by atoms with E-state index in [2.05, 4.69) is 38.7 Å². The van der Waals surface area contributed by atoms with E-state index >= 15 is 0 Å². The van der Waals surface area contributed by atoms with Crippen molar-refractivity contribution in [2.45, 2.75) is 39.5 Å². The van der Waals surface area contributed by atoms with Crippen LogP contribution < -0.4 is 5.73 Å². The Bertz CT molecular complexity index is 302. The van der Waals surface area contributed by atoms with Gasteiger partial charge in [-0.25, -0.2) is 0 Å². The lowest BCUT2D eigenvalue weighted by molar-refractivity contribution is 0.265. The van der Waals surface area contributed by atoms with E-state index < -0.39 is 0 Å². The summed E-state index contributed by atoms with van der Waals surface area (Å²) >= 11 is 0. The van der Waals surface area contributed by atoms with Crippen LogP contribution in [0, 0.1) is 5.41 Å². The highest BCUT2D eigenvalue weighted by Gasteiger charge is 2.29. The summed E-state index contributed by atoms with van der Waals surface area (Å²) in [4.78, 5) is 4.18. The molecular weight excluding hydrogens is 184 g/mol. The Morgan fingerprint density at radius 1 is 1.27 bits per heavy atom. The van der Waals surface area contributed by atoms with Crippen molar-refractivity contribution in [2.75, 3.05) is 6.54 Å². The first-order valence-corrected chi connectivity index (χ1v) is 5.48. The number of nitrogens with two attached hydrogens (primary N) is 1. The highest BCUT2D eigenvalue weighted by molar-refractivity contribution is 5.19. The van der Waals surface area contributed by atoms with Crippen molar-refractivity contribution in [3.05, 3.63) is 30.1 Å². The van der Waals surface area contributed by atoms with Crippen molar-refractivity contribution in [3.63, 3.8) is 0 Å². The van der Waals surface area contributed by atoms with Crippen molar-refractivity contribution >= 4 is 0 Å². The first-order chi connectivity index (χ1) is 6.87. The highest BCUT2D eigenvalue weighted by atomic mass is 14.6. The summed E-state index contributed by atoms with van der Waals surface area (Å²) in [6.07, 6.45) is 4.84. The van der Waals surface area contributed by atoms with Crippen LogP contribution in [0.5, 0.6) is 0 Å². The standard InChI is InChI=1S/C13H22N2/c1-12(2,10-14)9-13(3,4)11-6-5-7-15-8-11/h5-8H,9-10,14H2,1-4H3. The summed E-state index contributed by atoms with van der Waals surface area (Å²) in [7, 11) is 0. The molecule has 0 aliphatic carbocycles. The van der Waals surface area contributed by atoms with Gasteiger partial charge in [0.15, 0.2) is 0 Å². The van der Waals surface area contributed by atoms with E-state index in [1.54, 1.807) is 0 Å². The van der Waals surface area contributed by atoms with Gasteiger partial charge in [-0.2, -0.15) is 0 Å². The van der Waals surface area contributed by atoms with Gasteiger partial charge in [-0.1, -0.05) is 33.8 Å². The average Bonchev–Trinajstić information content (AvgIpc) is 2.18. The molecule has 0 radical (unpaired) electrons. The molecule has 0 aliphatic rings.